The summed E-state index contributed by atoms with van der Waals surface area (Å²) in [4.78, 5) is 11.9. The standard InChI is InChI=1S/C18H15F3N2OS/c1-9-2-7-13-12(8-9)15-16(25-17(24)23-15)14(22-13)10-3-5-11(6-4-10)18(19,20)21/h2-8,14-16,22H,1H3,(H,23,24)/t14?,15-,16+/m1/s1. The molecule has 0 radical (unpaired) electrons. The summed E-state index contributed by atoms with van der Waals surface area (Å²) in [5.74, 6) is 0. The van der Waals surface area contributed by atoms with Crippen molar-refractivity contribution in [3.05, 3.63) is 64.7 Å². The number of fused-ring (bicyclic) bond motifs is 3. The van der Waals surface area contributed by atoms with Crippen LogP contribution in [0.15, 0.2) is 42.5 Å². The lowest BCUT2D eigenvalue weighted by Crippen LogP contribution is -2.35. The summed E-state index contributed by atoms with van der Waals surface area (Å²) in [5, 5.41) is 6.15. The van der Waals surface area contributed by atoms with Crippen LogP contribution in [0.25, 0.3) is 0 Å². The molecular weight excluding hydrogens is 349 g/mol. The summed E-state index contributed by atoms with van der Waals surface area (Å²) in [6, 6.07) is 10.7. The van der Waals surface area contributed by atoms with Crippen molar-refractivity contribution in [2.24, 2.45) is 0 Å². The Balaban J connectivity index is 1.73. The highest BCUT2D eigenvalue weighted by Crippen LogP contribution is 2.49. The van der Waals surface area contributed by atoms with Crippen molar-refractivity contribution in [3.8, 4) is 0 Å². The molecule has 4 rings (SSSR count). The van der Waals surface area contributed by atoms with E-state index in [4.69, 9.17) is 0 Å². The second-order valence-corrected chi connectivity index (χ2v) is 7.48. The van der Waals surface area contributed by atoms with Crippen LogP contribution in [0, 0.1) is 6.92 Å². The normalized spacial score (nSPS) is 25.0. The number of carbonyl (C=O) groups excluding carboxylic acids is 1. The van der Waals surface area contributed by atoms with Gasteiger partial charge in [0.05, 0.1) is 22.9 Å². The quantitative estimate of drug-likeness (QED) is 0.744. The Morgan fingerprint density at radius 1 is 1.00 bits per heavy atom. The van der Waals surface area contributed by atoms with E-state index >= 15 is 0 Å². The molecule has 1 saturated heterocycles. The van der Waals surface area contributed by atoms with Gasteiger partial charge in [0.25, 0.3) is 5.24 Å². The largest absolute Gasteiger partial charge is 0.416 e. The third kappa shape index (κ3) is 2.86. The van der Waals surface area contributed by atoms with Crippen molar-refractivity contribution in [3.63, 3.8) is 0 Å². The molecule has 2 aliphatic rings. The lowest BCUT2D eigenvalue weighted by atomic mass is 9.88. The van der Waals surface area contributed by atoms with E-state index in [-0.39, 0.29) is 22.6 Å². The maximum atomic E-state index is 12.8. The fourth-order valence-electron chi connectivity index (χ4n) is 3.42. The molecule has 1 amide bonds. The molecule has 2 N–H and O–H groups in total. The molecule has 130 valence electrons. The van der Waals surface area contributed by atoms with Crippen molar-refractivity contribution < 1.29 is 18.0 Å². The number of alkyl halides is 3. The van der Waals surface area contributed by atoms with Gasteiger partial charge in [-0.3, -0.25) is 4.79 Å². The number of carbonyl (C=O) groups is 1. The van der Waals surface area contributed by atoms with Gasteiger partial charge in [-0.25, -0.2) is 0 Å². The monoisotopic (exact) mass is 364 g/mol. The van der Waals surface area contributed by atoms with Crippen LogP contribution >= 0.6 is 11.8 Å². The Bertz CT molecular complexity index is 835. The van der Waals surface area contributed by atoms with Crippen molar-refractivity contribution in [2.45, 2.75) is 30.4 Å². The van der Waals surface area contributed by atoms with Crippen LogP contribution in [0.1, 0.15) is 34.3 Å². The molecule has 3 atom stereocenters. The summed E-state index contributed by atoms with van der Waals surface area (Å²) in [6.45, 7) is 1.99. The third-order valence-corrected chi connectivity index (χ3v) is 5.77. The Labute approximate surface area is 147 Å². The predicted octanol–water partition coefficient (Wildman–Crippen LogP) is 5.05. The maximum Gasteiger partial charge on any atom is 0.416 e. The topological polar surface area (TPSA) is 41.1 Å². The molecule has 0 aliphatic carbocycles. The summed E-state index contributed by atoms with van der Waals surface area (Å²) in [6.07, 6.45) is -4.36. The molecule has 2 aromatic rings. The molecule has 0 spiro atoms. The number of rotatable bonds is 1. The lowest BCUT2D eigenvalue weighted by molar-refractivity contribution is -0.137. The van der Waals surface area contributed by atoms with Crippen molar-refractivity contribution in [1.82, 2.24) is 5.32 Å². The average Bonchev–Trinajstić information content (AvgIpc) is 2.95. The third-order valence-electron chi connectivity index (χ3n) is 4.62. The number of anilines is 1. The van der Waals surface area contributed by atoms with E-state index in [9.17, 15) is 18.0 Å². The minimum absolute atomic E-state index is 0.108. The van der Waals surface area contributed by atoms with E-state index < -0.39 is 11.7 Å². The molecule has 1 unspecified atom stereocenters. The molecule has 7 heteroatoms. The fourth-order valence-corrected chi connectivity index (χ4v) is 4.58. The number of thioether (sulfide) groups is 1. The highest BCUT2D eigenvalue weighted by Gasteiger charge is 2.44. The first-order valence-electron chi connectivity index (χ1n) is 7.84. The smallest absolute Gasteiger partial charge is 0.377 e. The van der Waals surface area contributed by atoms with Crippen LogP contribution < -0.4 is 10.6 Å². The summed E-state index contributed by atoms with van der Waals surface area (Å²) in [5.41, 5.74) is 3.08. The summed E-state index contributed by atoms with van der Waals surface area (Å²) in [7, 11) is 0. The van der Waals surface area contributed by atoms with Crippen LogP contribution in [0.2, 0.25) is 0 Å². The van der Waals surface area contributed by atoms with Gasteiger partial charge in [-0.15, -0.1) is 0 Å². The summed E-state index contributed by atoms with van der Waals surface area (Å²) >= 11 is 1.20. The zero-order chi connectivity index (χ0) is 17.8. The molecule has 3 nitrogen and oxygen atoms in total. The minimum Gasteiger partial charge on any atom is -0.377 e. The molecule has 2 heterocycles. The van der Waals surface area contributed by atoms with Gasteiger partial charge in [0.2, 0.25) is 0 Å². The van der Waals surface area contributed by atoms with E-state index in [0.29, 0.717) is 0 Å². The number of aryl methyl sites for hydroxylation is 1. The first-order valence-corrected chi connectivity index (χ1v) is 8.72. The molecule has 2 aliphatic heterocycles. The molecule has 0 aromatic heterocycles. The number of hydrogen-bond acceptors (Lipinski definition) is 3. The van der Waals surface area contributed by atoms with Crippen LogP contribution in [-0.2, 0) is 6.18 Å². The Morgan fingerprint density at radius 3 is 2.40 bits per heavy atom. The lowest BCUT2D eigenvalue weighted by Gasteiger charge is -2.36. The van der Waals surface area contributed by atoms with Crippen molar-refractivity contribution in [2.75, 3.05) is 5.32 Å². The van der Waals surface area contributed by atoms with Gasteiger partial charge in [0, 0.05) is 5.69 Å². The number of benzene rings is 2. The van der Waals surface area contributed by atoms with E-state index in [1.807, 2.05) is 25.1 Å². The number of amides is 1. The Hall–Kier alpha value is -2.15. The number of halogens is 3. The molecule has 2 aromatic carbocycles. The predicted molar refractivity (Wildman–Crippen MR) is 91.6 cm³/mol. The molecule has 0 bridgehead atoms. The number of nitrogens with one attached hydrogen (secondary N) is 2. The highest BCUT2D eigenvalue weighted by atomic mass is 32.2. The minimum atomic E-state index is -4.36. The second kappa shape index (κ2) is 5.69. The van der Waals surface area contributed by atoms with Crippen LogP contribution in [0.4, 0.5) is 23.7 Å². The van der Waals surface area contributed by atoms with E-state index in [1.54, 1.807) is 0 Å². The zero-order valence-electron chi connectivity index (χ0n) is 13.2. The molecule has 0 saturated carbocycles. The van der Waals surface area contributed by atoms with Crippen molar-refractivity contribution >= 4 is 22.7 Å². The zero-order valence-corrected chi connectivity index (χ0v) is 14.0. The number of hydrogen-bond donors (Lipinski definition) is 2. The van der Waals surface area contributed by atoms with Gasteiger partial charge in [0.15, 0.2) is 0 Å². The van der Waals surface area contributed by atoms with Gasteiger partial charge in [-0.2, -0.15) is 13.2 Å². The van der Waals surface area contributed by atoms with E-state index in [1.165, 1.54) is 23.9 Å². The average molecular weight is 364 g/mol. The SMILES string of the molecule is Cc1ccc2c(c1)[C@H]1NC(=O)S[C@H]1C(c1ccc(C(F)(F)F)cc1)N2. The van der Waals surface area contributed by atoms with Crippen LogP contribution in [0.5, 0.6) is 0 Å². The molecular formula is C18H15F3N2OS. The van der Waals surface area contributed by atoms with Crippen LogP contribution in [0.3, 0.4) is 0 Å². The first kappa shape index (κ1) is 16.3. The van der Waals surface area contributed by atoms with Crippen LogP contribution in [-0.4, -0.2) is 10.5 Å². The Kier molecular flexibility index (Phi) is 3.72. The van der Waals surface area contributed by atoms with Gasteiger partial charge in [-0.05, 0) is 36.2 Å². The fraction of sp³-hybridized carbons (Fsp3) is 0.278. The van der Waals surface area contributed by atoms with Gasteiger partial charge < -0.3 is 10.6 Å². The second-order valence-electron chi connectivity index (χ2n) is 6.32. The van der Waals surface area contributed by atoms with E-state index in [0.717, 1.165) is 34.5 Å². The molecule has 25 heavy (non-hydrogen) atoms. The van der Waals surface area contributed by atoms with Gasteiger partial charge in [-0.1, -0.05) is 41.6 Å². The summed E-state index contributed by atoms with van der Waals surface area (Å²) < 4.78 is 38.4. The molecule has 1 fully saturated rings. The van der Waals surface area contributed by atoms with Crippen molar-refractivity contribution in [1.29, 1.82) is 0 Å². The van der Waals surface area contributed by atoms with E-state index in [2.05, 4.69) is 10.6 Å². The highest BCUT2D eigenvalue weighted by molar-refractivity contribution is 8.14. The first-order chi connectivity index (χ1) is 11.8. The van der Waals surface area contributed by atoms with Gasteiger partial charge >= 0.3 is 6.18 Å². The maximum absolute atomic E-state index is 12.8. The Morgan fingerprint density at radius 2 is 1.72 bits per heavy atom. The van der Waals surface area contributed by atoms with Gasteiger partial charge in [0.1, 0.15) is 0 Å².